The molecule has 0 aliphatic heterocycles. The van der Waals surface area contributed by atoms with Crippen LogP contribution in [0.15, 0.2) is 30.3 Å². The van der Waals surface area contributed by atoms with E-state index in [2.05, 4.69) is 5.32 Å². The summed E-state index contributed by atoms with van der Waals surface area (Å²) in [5.74, 6) is -0.263. The van der Waals surface area contributed by atoms with Crippen LogP contribution in [0.2, 0.25) is 0 Å². The first-order valence-electron chi connectivity index (χ1n) is 6.39. The van der Waals surface area contributed by atoms with E-state index in [0.717, 1.165) is 5.56 Å². The molecule has 0 aliphatic rings. The number of hydrogen-bond acceptors (Lipinski definition) is 4. The second-order valence-electron chi connectivity index (χ2n) is 5.11. The van der Waals surface area contributed by atoms with Crippen molar-refractivity contribution in [2.24, 2.45) is 0 Å². The molecular weight excluding hydrogens is 242 g/mol. The zero-order valence-electron chi connectivity index (χ0n) is 12.1. The largest absolute Gasteiger partial charge is 0.468 e. The molecule has 19 heavy (non-hydrogen) atoms. The van der Waals surface area contributed by atoms with Crippen LogP contribution >= 0.6 is 0 Å². The van der Waals surface area contributed by atoms with Crippen LogP contribution in [-0.4, -0.2) is 31.8 Å². The second kappa shape index (κ2) is 7.26. The fraction of sp³-hybridized carbons (Fsp3) is 0.533. The van der Waals surface area contributed by atoms with E-state index in [4.69, 9.17) is 9.47 Å². The summed E-state index contributed by atoms with van der Waals surface area (Å²) in [6.07, 6.45) is 0.559. The van der Waals surface area contributed by atoms with Crippen LogP contribution in [0.5, 0.6) is 0 Å². The SMILES string of the molecule is COC(=O)C(CC(C)(C)OC)NCc1ccccc1. The minimum atomic E-state index is -0.375. The molecule has 1 aromatic rings. The van der Waals surface area contributed by atoms with Crippen LogP contribution in [0.4, 0.5) is 0 Å². The van der Waals surface area contributed by atoms with Crippen molar-refractivity contribution in [2.75, 3.05) is 14.2 Å². The van der Waals surface area contributed by atoms with Crippen molar-refractivity contribution < 1.29 is 14.3 Å². The van der Waals surface area contributed by atoms with Crippen molar-refractivity contribution in [1.82, 2.24) is 5.32 Å². The molecule has 1 N–H and O–H groups in total. The fourth-order valence-electron chi connectivity index (χ4n) is 1.79. The number of esters is 1. The molecule has 106 valence electrons. The zero-order chi connectivity index (χ0) is 14.3. The predicted molar refractivity (Wildman–Crippen MR) is 74.8 cm³/mol. The molecule has 0 heterocycles. The quantitative estimate of drug-likeness (QED) is 0.767. The van der Waals surface area contributed by atoms with Crippen molar-refractivity contribution in [2.45, 2.75) is 38.5 Å². The van der Waals surface area contributed by atoms with E-state index in [-0.39, 0.29) is 17.6 Å². The van der Waals surface area contributed by atoms with Gasteiger partial charge in [0.15, 0.2) is 0 Å². The number of methoxy groups -OCH3 is 2. The summed E-state index contributed by atoms with van der Waals surface area (Å²) in [6.45, 7) is 4.53. The second-order valence-corrected chi connectivity index (χ2v) is 5.11. The highest BCUT2D eigenvalue weighted by molar-refractivity contribution is 5.75. The van der Waals surface area contributed by atoms with Crippen molar-refractivity contribution in [3.63, 3.8) is 0 Å². The molecule has 1 rings (SSSR count). The third kappa shape index (κ3) is 5.41. The van der Waals surface area contributed by atoms with Gasteiger partial charge in [0.05, 0.1) is 12.7 Å². The molecule has 0 spiro atoms. The number of nitrogens with one attached hydrogen (secondary N) is 1. The highest BCUT2D eigenvalue weighted by Gasteiger charge is 2.28. The van der Waals surface area contributed by atoms with Crippen LogP contribution < -0.4 is 5.32 Å². The summed E-state index contributed by atoms with van der Waals surface area (Å²) >= 11 is 0. The summed E-state index contributed by atoms with van der Waals surface area (Å²) in [7, 11) is 3.05. The van der Waals surface area contributed by atoms with Gasteiger partial charge in [-0.2, -0.15) is 0 Å². The molecule has 4 nitrogen and oxygen atoms in total. The summed E-state index contributed by atoms with van der Waals surface area (Å²) in [4.78, 5) is 11.8. The Morgan fingerprint density at radius 1 is 1.26 bits per heavy atom. The predicted octanol–water partition coefficient (Wildman–Crippen LogP) is 2.13. The molecule has 0 aromatic heterocycles. The Morgan fingerprint density at radius 2 is 1.89 bits per heavy atom. The van der Waals surface area contributed by atoms with Crippen molar-refractivity contribution in [1.29, 1.82) is 0 Å². The Labute approximate surface area is 115 Å². The number of carbonyl (C=O) groups excluding carboxylic acids is 1. The monoisotopic (exact) mass is 265 g/mol. The lowest BCUT2D eigenvalue weighted by Crippen LogP contribution is -2.43. The Kier molecular flexibility index (Phi) is 5.99. The van der Waals surface area contributed by atoms with Gasteiger partial charge in [-0.05, 0) is 19.4 Å². The van der Waals surface area contributed by atoms with Gasteiger partial charge in [0.2, 0.25) is 0 Å². The van der Waals surface area contributed by atoms with Crippen molar-refractivity contribution >= 4 is 5.97 Å². The van der Waals surface area contributed by atoms with Gasteiger partial charge in [-0.15, -0.1) is 0 Å². The first kappa shape index (κ1) is 15.7. The number of ether oxygens (including phenoxy) is 2. The number of hydrogen-bond donors (Lipinski definition) is 1. The maximum atomic E-state index is 11.8. The smallest absolute Gasteiger partial charge is 0.322 e. The van der Waals surface area contributed by atoms with Gasteiger partial charge < -0.3 is 14.8 Å². The van der Waals surface area contributed by atoms with Crippen LogP contribution in [0.25, 0.3) is 0 Å². The van der Waals surface area contributed by atoms with Gasteiger partial charge in [-0.25, -0.2) is 0 Å². The van der Waals surface area contributed by atoms with Crippen LogP contribution in [0.1, 0.15) is 25.8 Å². The Hall–Kier alpha value is -1.39. The number of benzene rings is 1. The van der Waals surface area contributed by atoms with E-state index in [1.165, 1.54) is 7.11 Å². The fourth-order valence-corrected chi connectivity index (χ4v) is 1.79. The Morgan fingerprint density at radius 3 is 2.42 bits per heavy atom. The lowest BCUT2D eigenvalue weighted by atomic mass is 9.98. The van der Waals surface area contributed by atoms with Crippen molar-refractivity contribution in [3.05, 3.63) is 35.9 Å². The van der Waals surface area contributed by atoms with Crippen molar-refractivity contribution in [3.8, 4) is 0 Å². The van der Waals surface area contributed by atoms with Crippen LogP contribution in [0.3, 0.4) is 0 Å². The molecule has 0 saturated heterocycles. The average molecular weight is 265 g/mol. The standard InChI is InChI=1S/C15H23NO3/c1-15(2,19-4)10-13(14(17)18-3)16-11-12-8-6-5-7-9-12/h5-9,13,16H,10-11H2,1-4H3. The molecule has 1 unspecified atom stereocenters. The van der Waals surface area contributed by atoms with Gasteiger partial charge >= 0.3 is 5.97 Å². The molecule has 4 heteroatoms. The van der Waals surface area contributed by atoms with Gasteiger partial charge in [0.25, 0.3) is 0 Å². The average Bonchev–Trinajstić information content (AvgIpc) is 2.43. The lowest BCUT2D eigenvalue weighted by Gasteiger charge is -2.27. The zero-order valence-corrected chi connectivity index (χ0v) is 12.1. The first-order chi connectivity index (χ1) is 8.98. The van der Waals surface area contributed by atoms with E-state index in [1.54, 1.807) is 7.11 Å². The molecule has 0 fully saturated rings. The molecule has 0 bridgehead atoms. The maximum Gasteiger partial charge on any atom is 0.322 e. The van der Waals surface area contributed by atoms with Gasteiger partial charge in [0, 0.05) is 20.1 Å². The molecule has 0 amide bonds. The number of rotatable bonds is 7. The Bertz CT molecular complexity index is 390. The molecule has 1 atom stereocenters. The third-order valence-electron chi connectivity index (χ3n) is 3.13. The van der Waals surface area contributed by atoms with E-state index in [9.17, 15) is 4.79 Å². The summed E-state index contributed by atoms with van der Waals surface area (Å²) in [5.41, 5.74) is 0.759. The lowest BCUT2D eigenvalue weighted by molar-refractivity contribution is -0.145. The van der Waals surface area contributed by atoms with Gasteiger partial charge in [-0.3, -0.25) is 4.79 Å². The summed E-state index contributed by atoms with van der Waals surface area (Å²) in [5, 5.41) is 3.22. The van der Waals surface area contributed by atoms with E-state index < -0.39 is 0 Å². The molecular formula is C15H23NO3. The van der Waals surface area contributed by atoms with E-state index in [0.29, 0.717) is 13.0 Å². The third-order valence-corrected chi connectivity index (χ3v) is 3.13. The highest BCUT2D eigenvalue weighted by atomic mass is 16.5. The van der Waals surface area contributed by atoms with Crippen LogP contribution in [0, 0.1) is 0 Å². The molecule has 0 aliphatic carbocycles. The van der Waals surface area contributed by atoms with Crippen LogP contribution in [-0.2, 0) is 20.8 Å². The number of carbonyl (C=O) groups is 1. The minimum absolute atomic E-state index is 0.263. The molecule has 1 aromatic carbocycles. The normalized spacial score (nSPS) is 13.1. The topological polar surface area (TPSA) is 47.6 Å². The van der Waals surface area contributed by atoms with Gasteiger partial charge in [0.1, 0.15) is 6.04 Å². The maximum absolute atomic E-state index is 11.8. The van der Waals surface area contributed by atoms with Gasteiger partial charge in [-0.1, -0.05) is 30.3 Å². The molecule has 0 radical (unpaired) electrons. The van der Waals surface area contributed by atoms with E-state index >= 15 is 0 Å². The first-order valence-corrected chi connectivity index (χ1v) is 6.39. The minimum Gasteiger partial charge on any atom is -0.468 e. The Balaban J connectivity index is 2.63. The summed E-state index contributed by atoms with van der Waals surface area (Å²) in [6, 6.07) is 9.58. The van der Waals surface area contributed by atoms with E-state index in [1.807, 2.05) is 44.2 Å². The molecule has 0 saturated carbocycles. The summed E-state index contributed by atoms with van der Waals surface area (Å²) < 4.78 is 10.2. The highest BCUT2D eigenvalue weighted by Crippen LogP contribution is 2.16.